The Morgan fingerprint density at radius 2 is 1.72 bits per heavy atom. The van der Waals surface area contributed by atoms with Crippen molar-refractivity contribution in [2.24, 2.45) is 0 Å². The van der Waals surface area contributed by atoms with E-state index in [0.29, 0.717) is 18.1 Å². The SMILES string of the molecule is COCCCn1c(SC(C)c2ccccc2)nnc1-c1ccc(OC)c(OC)c1. The van der Waals surface area contributed by atoms with Gasteiger partial charge in [-0.15, -0.1) is 10.2 Å². The molecule has 1 unspecified atom stereocenters. The van der Waals surface area contributed by atoms with Gasteiger partial charge in [0.25, 0.3) is 0 Å². The summed E-state index contributed by atoms with van der Waals surface area (Å²) in [7, 11) is 4.98. The van der Waals surface area contributed by atoms with Crippen LogP contribution in [0.3, 0.4) is 0 Å². The maximum absolute atomic E-state index is 5.46. The third-order valence-corrected chi connectivity index (χ3v) is 5.78. The summed E-state index contributed by atoms with van der Waals surface area (Å²) in [5, 5.41) is 10.2. The maximum Gasteiger partial charge on any atom is 0.192 e. The first-order valence-corrected chi connectivity index (χ1v) is 10.4. The van der Waals surface area contributed by atoms with Crippen LogP contribution in [0.2, 0.25) is 0 Å². The van der Waals surface area contributed by atoms with Crippen molar-refractivity contribution in [1.29, 1.82) is 0 Å². The number of thioether (sulfide) groups is 1. The summed E-state index contributed by atoms with van der Waals surface area (Å²) >= 11 is 1.71. The van der Waals surface area contributed by atoms with Gasteiger partial charge in [-0.2, -0.15) is 0 Å². The summed E-state index contributed by atoms with van der Waals surface area (Å²) in [5.41, 5.74) is 2.20. The normalized spacial score (nSPS) is 12.0. The molecule has 1 atom stereocenters. The second-order valence-corrected chi connectivity index (χ2v) is 7.85. The predicted octanol–water partition coefficient (Wildman–Crippen LogP) is 4.85. The Balaban J connectivity index is 1.93. The maximum atomic E-state index is 5.46. The smallest absolute Gasteiger partial charge is 0.192 e. The van der Waals surface area contributed by atoms with Gasteiger partial charge in [-0.25, -0.2) is 0 Å². The van der Waals surface area contributed by atoms with E-state index in [-0.39, 0.29) is 5.25 Å². The standard InChI is InChI=1S/C22H27N3O3S/c1-16(17-9-6-5-7-10-17)29-22-24-23-21(25(22)13-8-14-26-2)18-11-12-19(27-3)20(15-18)28-4/h5-7,9-12,15-16H,8,13-14H2,1-4H3. The molecule has 3 aromatic rings. The lowest BCUT2D eigenvalue weighted by Gasteiger charge is -2.14. The number of ether oxygens (including phenoxy) is 3. The molecule has 0 amide bonds. The average Bonchev–Trinajstić information content (AvgIpc) is 3.16. The average molecular weight is 414 g/mol. The third-order valence-electron chi connectivity index (χ3n) is 4.64. The summed E-state index contributed by atoms with van der Waals surface area (Å²) in [6.07, 6.45) is 0.877. The molecule has 0 aliphatic heterocycles. The number of benzene rings is 2. The Kier molecular flexibility index (Phi) is 7.55. The number of rotatable bonds is 10. The van der Waals surface area contributed by atoms with E-state index in [4.69, 9.17) is 14.2 Å². The Morgan fingerprint density at radius 3 is 2.41 bits per heavy atom. The lowest BCUT2D eigenvalue weighted by molar-refractivity contribution is 0.189. The highest BCUT2D eigenvalue weighted by molar-refractivity contribution is 7.99. The van der Waals surface area contributed by atoms with Gasteiger partial charge in [0.15, 0.2) is 22.5 Å². The fourth-order valence-corrected chi connectivity index (χ4v) is 4.09. The Hall–Kier alpha value is -2.51. The largest absolute Gasteiger partial charge is 0.493 e. The summed E-state index contributed by atoms with van der Waals surface area (Å²) < 4.78 is 18.2. The van der Waals surface area contributed by atoms with Crippen LogP contribution in [0.25, 0.3) is 11.4 Å². The van der Waals surface area contributed by atoms with E-state index in [1.807, 2.05) is 24.3 Å². The number of methoxy groups -OCH3 is 3. The van der Waals surface area contributed by atoms with Gasteiger partial charge in [0.05, 0.1) is 14.2 Å². The van der Waals surface area contributed by atoms with Crippen molar-refractivity contribution in [1.82, 2.24) is 14.8 Å². The van der Waals surface area contributed by atoms with E-state index in [1.54, 1.807) is 33.1 Å². The monoisotopic (exact) mass is 413 g/mol. The number of hydrogen-bond donors (Lipinski definition) is 0. The van der Waals surface area contributed by atoms with Gasteiger partial charge in [0.2, 0.25) is 0 Å². The van der Waals surface area contributed by atoms with Crippen molar-refractivity contribution in [2.45, 2.75) is 30.3 Å². The van der Waals surface area contributed by atoms with Crippen molar-refractivity contribution in [2.75, 3.05) is 27.9 Å². The van der Waals surface area contributed by atoms with Crippen LogP contribution in [0.15, 0.2) is 53.7 Å². The third kappa shape index (κ3) is 5.10. The molecule has 0 N–H and O–H groups in total. The van der Waals surface area contributed by atoms with E-state index in [9.17, 15) is 0 Å². The van der Waals surface area contributed by atoms with Crippen molar-refractivity contribution < 1.29 is 14.2 Å². The second-order valence-electron chi connectivity index (χ2n) is 6.54. The minimum atomic E-state index is 0.264. The summed E-state index contributed by atoms with van der Waals surface area (Å²) in [4.78, 5) is 0. The first kappa shape index (κ1) is 21.2. The molecule has 0 spiro atoms. The molecular weight excluding hydrogens is 386 g/mol. The molecule has 2 aromatic carbocycles. The van der Waals surface area contributed by atoms with E-state index in [2.05, 4.69) is 46.0 Å². The topological polar surface area (TPSA) is 58.4 Å². The fraction of sp³-hybridized carbons (Fsp3) is 0.364. The van der Waals surface area contributed by atoms with Gasteiger partial charge in [-0.3, -0.25) is 0 Å². The molecular formula is C22H27N3O3S. The molecule has 0 fully saturated rings. The minimum absolute atomic E-state index is 0.264. The highest BCUT2D eigenvalue weighted by Crippen LogP contribution is 2.37. The molecule has 1 heterocycles. The van der Waals surface area contributed by atoms with E-state index in [1.165, 1.54) is 5.56 Å². The molecule has 0 saturated heterocycles. The highest BCUT2D eigenvalue weighted by atomic mass is 32.2. The quantitative estimate of drug-likeness (QED) is 0.350. The van der Waals surface area contributed by atoms with Crippen LogP contribution in [-0.2, 0) is 11.3 Å². The molecule has 0 bridgehead atoms. The summed E-state index contributed by atoms with van der Waals surface area (Å²) in [6.45, 7) is 3.64. The van der Waals surface area contributed by atoms with Crippen molar-refractivity contribution >= 4 is 11.8 Å². The lowest BCUT2D eigenvalue weighted by atomic mass is 10.2. The predicted molar refractivity (Wildman–Crippen MR) is 116 cm³/mol. The molecule has 1 aromatic heterocycles. The zero-order chi connectivity index (χ0) is 20.6. The Morgan fingerprint density at radius 1 is 0.966 bits per heavy atom. The minimum Gasteiger partial charge on any atom is -0.493 e. The summed E-state index contributed by atoms with van der Waals surface area (Å²) in [6, 6.07) is 16.2. The van der Waals surface area contributed by atoms with Gasteiger partial charge in [0, 0.05) is 31.1 Å². The lowest BCUT2D eigenvalue weighted by Crippen LogP contribution is -2.06. The molecule has 0 aliphatic carbocycles. The van der Waals surface area contributed by atoms with Gasteiger partial charge >= 0.3 is 0 Å². The summed E-state index contributed by atoms with van der Waals surface area (Å²) in [5.74, 6) is 2.17. The van der Waals surface area contributed by atoms with Crippen LogP contribution >= 0.6 is 11.8 Å². The highest BCUT2D eigenvalue weighted by Gasteiger charge is 2.19. The van der Waals surface area contributed by atoms with E-state index < -0.39 is 0 Å². The van der Waals surface area contributed by atoms with E-state index >= 15 is 0 Å². The van der Waals surface area contributed by atoms with Crippen LogP contribution < -0.4 is 9.47 Å². The Labute approximate surface area is 176 Å². The van der Waals surface area contributed by atoms with Gasteiger partial charge < -0.3 is 18.8 Å². The number of nitrogens with zero attached hydrogens (tertiary/aromatic N) is 3. The zero-order valence-corrected chi connectivity index (χ0v) is 18.1. The number of hydrogen-bond acceptors (Lipinski definition) is 6. The first-order chi connectivity index (χ1) is 14.2. The molecule has 3 rings (SSSR count). The Bertz CT molecular complexity index is 915. The van der Waals surface area contributed by atoms with Crippen LogP contribution in [-0.4, -0.2) is 42.7 Å². The van der Waals surface area contributed by atoms with Gasteiger partial charge in [0.1, 0.15) is 0 Å². The zero-order valence-electron chi connectivity index (χ0n) is 17.3. The van der Waals surface area contributed by atoms with Crippen LogP contribution in [0.1, 0.15) is 24.2 Å². The van der Waals surface area contributed by atoms with E-state index in [0.717, 1.165) is 29.5 Å². The van der Waals surface area contributed by atoms with Crippen molar-refractivity contribution in [3.05, 3.63) is 54.1 Å². The molecule has 6 nitrogen and oxygen atoms in total. The molecule has 29 heavy (non-hydrogen) atoms. The first-order valence-electron chi connectivity index (χ1n) is 9.54. The van der Waals surface area contributed by atoms with Crippen LogP contribution in [0.4, 0.5) is 0 Å². The van der Waals surface area contributed by atoms with Crippen molar-refractivity contribution in [3.63, 3.8) is 0 Å². The fourth-order valence-electron chi connectivity index (χ4n) is 3.08. The number of aromatic nitrogens is 3. The molecule has 7 heteroatoms. The molecule has 0 saturated carbocycles. The van der Waals surface area contributed by atoms with Crippen LogP contribution in [0, 0.1) is 0 Å². The van der Waals surface area contributed by atoms with Crippen LogP contribution in [0.5, 0.6) is 11.5 Å². The second kappa shape index (κ2) is 10.3. The molecule has 154 valence electrons. The van der Waals surface area contributed by atoms with Crippen molar-refractivity contribution in [3.8, 4) is 22.9 Å². The molecule has 0 aliphatic rings. The molecule has 0 radical (unpaired) electrons. The van der Waals surface area contributed by atoms with Gasteiger partial charge in [-0.05, 0) is 37.1 Å². The van der Waals surface area contributed by atoms with Gasteiger partial charge in [-0.1, -0.05) is 42.1 Å².